The first-order valence-corrected chi connectivity index (χ1v) is 2.45. The van der Waals surface area contributed by atoms with Crippen molar-refractivity contribution in [3.05, 3.63) is 6.92 Å². The molecule has 0 saturated heterocycles. The molecule has 0 aliphatic heterocycles. The molecule has 0 rings (SSSR count). The number of carbonyl (C=O) groups excluding carboxylic acids is 1. The van der Waals surface area contributed by atoms with Crippen LogP contribution in [0.25, 0.3) is 0 Å². The smallest absolute Gasteiger partial charge is 0.246 e. The van der Waals surface area contributed by atoms with Crippen LogP contribution in [-0.4, -0.2) is 17.1 Å². The van der Waals surface area contributed by atoms with Crippen molar-refractivity contribution in [3.8, 4) is 0 Å². The van der Waals surface area contributed by atoms with E-state index < -0.39 is 12.0 Å². The third kappa shape index (κ3) is 2.58. The van der Waals surface area contributed by atoms with Crippen molar-refractivity contribution in [1.29, 1.82) is 0 Å². The minimum absolute atomic E-state index is 0.356. The zero-order valence-corrected chi connectivity index (χ0v) is 4.63. The molecular weight excluding hydrogens is 106 g/mol. The summed E-state index contributed by atoms with van der Waals surface area (Å²) in [7, 11) is 0. The van der Waals surface area contributed by atoms with E-state index in [2.05, 4.69) is 6.92 Å². The number of hydrogen-bond donors (Lipinski definition) is 2. The summed E-state index contributed by atoms with van der Waals surface area (Å²) in [5.41, 5.74) is 4.71. The molecule has 0 aromatic carbocycles. The van der Waals surface area contributed by atoms with Crippen molar-refractivity contribution < 1.29 is 9.90 Å². The fourth-order valence-electron chi connectivity index (χ4n) is 0.336. The first kappa shape index (κ1) is 7.43. The summed E-state index contributed by atoms with van der Waals surface area (Å²) in [5, 5.41) is 8.61. The molecule has 0 saturated carbocycles. The minimum atomic E-state index is -1.01. The molecule has 1 atom stereocenters. The van der Waals surface area contributed by atoms with E-state index in [-0.39, 0.29) is 0 Å². The molecule has 1 radical (unpaired) electrons. The number of aliphatic hydroxyl groups is 1. The topological polar surface area (TPSA) is 63.3 Å². The molecule has 0 aliphatic rings. The molecule has 1 unspecified atom stereocenters. The Kier molecular flexibility index (Phi) is 3.19. The van der Waals surface area contributed by atoms with E-state index in [4.69, 9.17) is 10.8 Å². The van der Waals surface area contributed by atoms with Crippen LogP contribution in [0.15, 0.2) is 0 Å². The van der Waals surface area contributed by atoms with Crippen molar-refractivity contribution in [2.24, 2.45) is 5.73 Å². The van der Waals surface area contributed by atoms with Gasteiger partial charge in [-0.3, -0.25) is 4.79 Å². The SMILES string of the molecule is [CH2]CCC(O)C(N)=O. The van der Waals surface area contributed by atoms with Gasteiger partial charge in [0.2, 0.25) is 5.91 Å². The van der Waals surface area contributed by atoms with Gasteiger partial charge in [0.1, 0.15) is 6.10 Å². The number of amides is 1. The summed E-state index contributed by atoms with van der Waals surface area (Å²) in [6.07, 6.45) is -0.119. The van der Waals surface area contributed by atoms with Crippen molar-refractivity contribution in [2.75, 3.05) is 0 Å². The standard InChI is InChI=1S/C5H10NO2/c1-2-3-4(7)5(6)8/h4,7H,1-3H2,(H2,6,8). The lowest BCUT2D eigenvalue weighted by Gasteiger charge is -2.00. The van der Waals surface area contributed by atoms with Gasteiger partial charge in [-0.15, -0.1) is 0 Å². The molecular formula is C5H10NO2. The van der Waals surface area contributed by atoms with Gasteiger partial charge in [-0.05, 0) is 6.42 Å². The van der Waals surface area contributed by atoms with Crippen LogP contribution in [0.5, 0.6) is 0 Å². The molecule has 0 fully saturated rings. The molecule has 0 spiro atoms. The van der Waals surface area contributed by atoms with E-state index in [0.29, 0.717) is 12.8 Å². The fraction of sp³-hybridized carbons (Fsp3) is 0.600. The van der Waals surface area contributed by atoms with Gasteiger partial charge in [-0.1, -0.05) is 13.3 Å². The van der Waals surface area contributed by atoms with Crippen molar-refractivity contribution in [2.45, 2.75) is 18.9 Å². The van der Waals surface area contributed by atoms with Crippen LogP contribution in [0.1, 0.15) is 12.8 Å². The van der Waals surface area contributed by atoms with Gasteiger partial charge in [-0.2, -0.15) is 0 Å². The summed E-state index contributed by atoms with van der Waals surface area (Å²) < 4.78 is 0. The number of primary amides is 1. The number of hydrogen-bond acceptors (Lipinski definition) is 2. The third-order valence-electron chi connectivity index (χ3n) is 0.806. The van der Waals surface area contributed by atoms with Crippen LogP contribution >= 0.6 is 0 Å². The Balaban J connectivity index is 3.32. The molecule has 1 amide bonds. The molecule has 3 heteroatoms. The quantitative estimate of drug-likeness (QED) is 0.519. The van der Waals surface area contributed by atoms with E-state index in [1.165, 1.54) is 0 Å². The van der Waals surface area contributed by atoms with Crippen molar-refractivity contribution in [1.82, 2.24) is 0 Å². The summed E-state index contributed by atoms with van der Waals surface area (Å²) in [6.45, 7) is 3.44. The van der Waals surface area contributed by atoms with Crippen molar-refractivity contribution in [3.63, 3.8) is 0 Å². The van der Waals surface area contributed by atoms with Crippen LogP contribution in [0.4, 0.5) is 0 Å². The molecule has 0 bridgehead atoms. The van der Waals surface area contributed by atoms with Crippen LogP contribution < -0.4 is 5.73 Å². The molecule has 3 N–H and O–H groups in total. The fourth-order valence-corrected chi connectivity index (χ4v) is 0.336. The molecule has 3 nitrogen and oxygen atoms in total. The van der Waals surface area contributed by atoms with Gasteiger partial charge in [0.25, 0.3) is 0 Å². The zero-order valence-electron chi connectivity index (χ0n) is 4.63. The van der Waals surface area contributed by atoms with Crippen LogP contribution in [0.3, 0.4) is 0 Å². The molecule has 47 valence electrons. The Morgan fingerprint density at radius 1 is 1.88 bits per heavy atom. The van der Waals surface area contributed by atoms with E-state index in [1.54, 1.807) is 0 Å². The Bertz CT molecular complexity index is 82.5. The molecule has 0 aromatic rings. The number of nitrogens with two attached hydrogens (primary N) is 1. The lowest BCUT2D eigenvalue weighted by Crippen LogP contribution is -2.27. The number of aliphatic hydroxyl groups excluding tert-OH is 1. The highest BCUT2D eigenvalue weighted by molar-refractivity contribution is 5.78. The van der Waals surface area contributed by atoms with Gasteiger partial charge < -0.3 is 10.8 Å². The second-order valence-electron chi connectivity index (χ2n) is 1.56. The largest absolute Gasteiger partial charge is 0.383 e. The Hall–Kier alpha value is -0.570. The van der Waals surface area contributed by atoms with Crippen LogP contribution in [0, 0.1) is 6.92 Å². The van der Waals surface area contributed by atoms with E-state index in [9.17, 15) is 4.79 Å². The Morgan fingerprint density at radius 3 is 2.50 bits per heavy atom. The Labute approximate surface area is 48.5 Å². The summed E-state index contributed by atoms with van der Waals surface area (Å²) in [4.78, 5) is 10.0. The van der Waals surface area contributed by atoms with Gasteiger partial charge in [-0.25, -0.2) is 0 Å². The highest BCUT2D eigenvalue weighted by Crippen LogP contribution is 1.92. The van der Waals surface area contributed by atoms with Gasteiger partial charge in [0.05, 0.1) is 0 Å². The predicted octanol–water partition coefficient (Wildman–Crippen LogP) is -0.553. The maximum absolute atomic E-state index is 10.0. The average molecular weight is 116 g/mol. The first-order chi connectivity index (χ1) is 3.68. The summed E-state index contributed by atoms with van der Waals surface area (Å²) >= 11 is 0. The maximum atomic E-state index is 10.0. The van der Waals surface area contributed by atoms with E-state index in [1.807, 2.05) is 0 Å². The normalized spacial score (nSPS) is 13.2. The second-order valence-corrected chi connectivity index (χ2v) is 1.56. The highest BCUT2D eigenvalue weighted by atomic mass is 16.3. The number of carbonyl (C=O) groups is 1. The zero-order chi connectivity index (χ0) is 6.57. The molecule has 0 heterocycles. The van der Waals surface area contributed by atoms with Gasteiger partial charge in [0, 0.05) is 0 Å². The summed E-state index contributed by atoms with van der Waals surface area (Å²) in [5.74, 6) is -0.673. The van der Waals surface area contributed by atoms with Crippen molar-refractivity contribution >= 4 is 5.91 Å². The average Bonchev–Trinajstić information content (AvgIpc) is 1.67. The minimum Gasteiger partial charge on any atom is -0.383 e. The lowest BCUT2D eigenvalue weighted by atomic mass is 10.2. The van der Waals surface area contributed by atoms with E-state index in [0.717, 1.165) is 0 Å². The monoisotopic (exact) mass is 116 g/mol. The predicted molar refractivity (Wildman–Crippen MR) is 29.8 cm³/mol. The second kappa shape index (κ2) is 3.43. The van der Waals surface area contributed by atoms with E-state index >= 15 is 0 Å². The third-order valence-corrected chi connectivity index (χ3v) is 0.806. The first-order valence-electron chi connectivity index (χ1n) is 2.45. The molecule has 0 aliphatic carbocycles. The summed E-state index contributed by atoms with van der Waals surface area (Å²) in [6, 6.07) is 0. The van der Waals surface area contributed by atoms with Gasteiger partial charge in [0.15, 0.2) is 0 Å². The molecule has 0 aromatic heterocycles. The van der Waals surface area contributed by atoms with Gasteiger partial charge >= 0.3 is 0 Å². The van der Waals surface area contributed by atoms with Crippen LogP contribution in [0.2, 0.25) is 0 Å². The highest BCUT2D eigenvalue weighted by Gasteiger charge is 2.07. The van der Waals surface area contributed by atoms with Crippen LogP contribution in [-0.2, 0) is 4.79 Å². The lowest BCUT2D eigenvalue weighted by molar-refractivity contribution is -0.126. The molecule has 8 heavy (non-hydrogen) atoms. The Morgan fingerprint density at radius 2 is 2.38 bits per heavy atom. The maximum Gasteiger partial charge on any atom is 0.246 e. The number of rotatable bonds is 3.